The predicted octanol–water partition coefficient (Wildman–Crippen LogP) is 4.04. The maximum Gasteiger partial charge on any atom is 0.254 e. The van der Waals surface area contributed by atoms with Gasteiger partial charge >= 0.3 is 0 Å². The van der Waals surface area contributed by atoms with E-state index in [1.54, 1.807) is 55.6 Å². The maximum absolute atomic E-state index is 14.8. The third-order valence-electron chi connectivity index (χ3n) is 4.73. The second kappa shape index (κ2) is 12.6. The van der Waals surface area contributed by atoms with Crippen molar-refractivity contribution in [1.29, 1.82) is 5.41 Å². The summed E-state index contributed by atoms with van der Waals surface area (Å²) in [5, 5.41) is 10.0. The van der Waals surface area contributed by atoms with Gasteiger partial charge in [-0.2, -0.15) is 0 Å². The number of pyridine rings is 1. The highest BCUT2D eigenvalue weighted by molar-refractivity contribution is 5.94. The monoisotopic (exact) mass is 490 g/mol. The lowest BCUT2D eigenvalue weighted by atomic mass is 10.1. The van der Waals surface area contributed by atoms with Crippen molar-refractivity contribution in [3.63, 3.8) is 0 Å². The van der Waals surface area contributed by atoms with Crippen molar-refractivity contribution in [2.75, 3.05) is 6.61 Å². The van der Waals surface area contributed by atoms with Crippen LogP contribution in [0, 0.1) is 17.0 Å². The second-order valence-corrected chi connectivity index (χ2v) is 7.07. The summed E-state index contributed by atoms with van der Waals surface area (Å²) in [6.45, 7) is 1.84. The number of amidine groups is 1. The van der Waals surface area contributed by atoms with Gasteiger partial charge in [0.15, 0.2) is 6.10 Å². The molecule has 3 aromatic rings. The highest BCUT2D eigenvalue weighted by Gasteiger charge is 2.28. The van der Waals surface area contributed by atoms with Crippen molar-refractivity contribution < 1.29 is 23.0 Å². The van der Waals surface area contributed by atoms with Crippen LogP contribution < -0.4 is 15.8 Å². The van der Waals surface area contributed by atoms with E-state index < -0.39 is 29.2 Å². The lowest BCUT2D eigenvalue weighted by Gasteiger charge is -2.19. The molecule has 1 amide bonds. The van der Waals surface area contributed by atoms with Crippen LogP contribution in [-0.4, -0.2) is 23.3 Å². The summed E-state index contributed by atoms with van der Waals surface area (Å²) in [7, 11) is 0. The fourth-order valence-corrected chi connectivity index (χ4v) is 3.08. The molecule has 0 unspecified atom stereocenters. The van der Waals surface area contributed by atoms with Crippen LogP contribution in [-0.2, 0) is 22.7 Å². The molecule has 0 aliphatic heterocycles. The Morgan fingerprint density at radius 2 is 1.82 bits per heavy atom. The van der Waals surface area contributed by atoms with Gasteiger partial charge < -0.3 is 20.5 Å². The van der Waals surface area contributed by atoms with Gasteiger partial charge in [-0.15, -0.1) is 12.4 Å². The minimum atomic E-state index is -1.48. The van der Waals surface area contributed by atoms with Gasteiger partial charge in [-0.1, -0.05) is 30.3 Å². The topological polar surface area (TPSA) is 110 Å². The molecule has 0 saturated carbocycles. The van der Waals surface area contributed by atoms with Crippen LogP contribution in [0.3, 0.4) is 0 Å². The lowest BCUT2D eigenvalue weighted by molar-refractivity contribution is -0.133. The van der Waals surface area contributed by atoms with Gasteiger partial charge in [-0.3, -0.25) is 15.2 Å². The SMILES string of the molecule is CCO[C@@H](C(=O)NCc1ccc(C(=N)N)cc1)c1c(F)cc(OCc2ccccn2)cc1F.Cl. The first-order valence-electron chi connectivity index (χ1n) is 10.2. The number of nitrogen functional groups attached to an aromatic ring is 1. The molecule has 1 heterocycles. The van der Waals surface area contributed by atoms with Crippen molar-refractivity contribution in [2.45, 2.75) is 26.2 Å². The van der Waals surface area contributed by atoms with Crippen LogP contribution >= 0.6 is 12.4 Å². The van der Waals surface area contributed by atoms with Gasteiger partial charge in [-0.25, -0.2) is 8.78 Å². The molecule has 0 saturated heterocycles. The number of carbonyl (C=O) groups is 1. The van der Waals surface area contributed by atoms with Crippen molar-refractivity contribution in [1.82, 2.24) is 10.3 Å². The van der Waals surface area contributed by atoms with E-state index in [9.17, 15) is 13.6 Å². The summed E-state index contributed by atoms with van der Waals surface area (Å²) in [6, 6.07) is 14.0. The molecule has 3 rings (SSSR count). The van der Waals surface area contributed by atoms with E-state index in [2.05, 4.69) is 10.3 Å². The third-order valence-corrected chi connectivity index (χ3v) is 4.73. The molecular weight excluding hydrogens is 466 g/mol. The summed E-state index contributed by atoms with van der Waals surface area (Å²) in [5.41, 5.74) is 6.81. The van der Waals surface area contributed by atoms with Gasteiger partial charge in [0.2, 0.25) is 0 Å². The molecule has 2 aromatic carbocycles. The van der Waals surface area contributed by atoms with Crippen LogP contribution in [0.5, 0.6) is 5.75 Å². The number of nitrogens with zero attached hydrogens (tertiary/aromatic N) is 1. The summed E-state index contributed by atoms with van der Waals surface area (Å²) >= 11 is 0. The molecule has 0 spiro atoms. The van der Waals surface area contributed by atoms with Crippen molar-refractivity contribution in [2.24, 2.45) is 5.73 Å². The fraction of sp³-hybridized carbons (Fsp3) is 0.208. The van der Waals surface area contributed by atoms with E-state index in [1.807, 2.05) is 0 Å². The van der Waals surface area contributed by atoms with Crippen molar-refractivity contribution in [3.8, 4) is 5.75 Å². The predicted molar refractivity (Wildman–Crippen MR) is 126 cm³/mol. The number of hydrogen-bond donors (Lipinski definition) is 3. The molecule has 0 aliphatic rings. The van der Waals surface area contributed by atoms with Gasteiger partial charge in [0.25, 0.3) is 5.91 Å². The number of halogens is 3. The summed E-state index contributed by atoms with van der Waals surface area (Å²) in [4.78, 5) is 16.8. The average molecular weight is 491 g/mol. The molecule has 1 atom stereocenters. The Bertz CT molecular complexity index is 1090. The number of nitrogens with one attached hydrogen (secondary N) is 2. The van der Waals surface area contributed by atoms with Crippen LogP contribution in [0.25, 0.3) is 0 Å². The Hall–Kier alpha value is -3.56. The van der Waals surface area contributed by atoms with Gasteiger partial charge in [0.1, 0.15) is 29.8 Å². The standard InChI is InChI=1S/C24H24F2N4O3.ClH/c1-2-32-22(24(31)30-13-15-6-8-16(9-7-15)23(27)28)21-19(25)11-18(12-20(21)26)33-14-17-5-3-4-10-29-17;/h3-12,22H,2,13-14H2,1H3,(H3,27,28)(H,30,31);1H/t22-;/m1./s1. The van der Waals surface area contributed by atoms with Crippen molar-refractivity contribution >= 4 is 24.1 Å². The van der Waals surface area contributed by atoms with E-state index >= 15 is 0 Å². The van der Waals surface area contributed by atoms with E-state index in [0.717, 1.165) is 17.7 Å². The first kappa shape index (κ1) is 26.7. The lowest BCUT2D eigenvalue weighted by Crippen LogP contribution is -2.31. The largest absolute Gasteiger partial charge is 0.487 e. The molecule has 34 heavy (non-hydrogen) atoms. The number of rotatable bonds is 10. The fourth-order valence-electron chi connectivity index (χ4n) is 3.08. The molecule has 180 valence electrons. The normalized spacial score (nSPS) is 11.3. The Balaban J connectivity index is 0.00000408. The van der Waals surface area contributed by atoms with E-state index in [1.165, 1.54) is 0 Å². The van der Waals surface area contributed by atoms with Crippen LogP contribution in [0.1, 0.15) is 35.4 Å². The molecule has 0 fully saturated rings. The highest BCUT2D eigenvalue weighted by Crippen LogP contribution is 2.29. The zero-order valence-electron chi connectivity index (χ0n) is 18.4. The summed E-state index contributed by atoms with van der Waals surface area (Å²) in [5.74, 6) is -2.69. The number of aromatic nitrogens is 1. The van der Waals surface area contributed by atoms with E-state index in [4.69, 9.17) is 20.6 Å². The van der Waals surface area contributed by atoms with Crippen LogP contribution in [0.2, 0.25) is 0 Å². The quantitative estimate of drug-likeness (QED) is 0.293. The number of carbonyl (C=O) groups excluding carboxylic acids is 1. The number of hydrogen-bond acceptors (Lipinski definition) is 5. The highest BCUT2D eigenvalue weighted by atomic mass is 35.5. The van der Waals surface area contributed by atoms with Crippen LogP contribution in [0.15, 0.2) is 60.8 Å². The molecule has 7 nitrogen and oxygen atoms in total. The minimum absolute atomic E-state index is 0. The summed E-state index contributed by atoms with van der Waals surface area (Å²) in [6.07, 6.45) is 0.114. The van der Waals surface area contributed by atoms with E-state index in [-0.39, 0.29) is 43.8 Å². The molecule has 0 aliphatic carbocycles. The smallest absolute Gasteiger partial charge is 0.254 e. The average Bonchev–Trinajstić information content (AvgIpc) is 2.81. The first-order valence-corrected chi connectivity index (χ1v) is 10.2. The summed E-state index contributed by atoms with van der Waals surface area (Å²) < 4.78 is 40.5. The Labute approximate surface area is 202 Å². The number of nitrogens with two attached hydrogens (primary N) is 1. The Kier molecular flexibility index (Phi) is 9.91. The zero-order chi connectivity index (χ0) is 23.8. The molecule has 4 N–H and O–H groups in total. The third kappa shape index (κ3) is 6.97. The van der Waals surface area contributed by atoms with Gasteiger partial charge in [-0.05, 0) is 24.6 Å². The molecular formula is C24H25ClF2N4O3. The number of amides is 1. The first-order chi connectivity index (χ1) is 15.9. The number of benzene rings is 2. The minimum Gasteiger partial charge on any atom is -0.487 e. The Morgan fingerprint density at radius 1 is 1.15 bits per heavy atom. The van der Waals surface area contributed by atoms with Gasteiger partial charge in [0.05, 0.1) is 11.3 Å². The molecule has 1 aromatic heterocycles. The van der Waals surface area contributed by atoms with Crippen molar-refractivity contribution in [3.05, 3.63) is 94.8 Å². The second-order valence-electron chi connectivity index (χ2n) is 7.07. The maximum atomic E-state index is 14.8. The number of ether oxygens (including phenoxy) is 2. The van der Waals surface area contributed by atoms with E-state index in [0.29, 0.717) is 11.3 Å². The molecule has 0 radical (unpaired) electrons. The molecule has 10 heteroatoms. The zero-order valence-corrected chi connectivity index (χ0v) is 19.2. The van der Waals surface area contributed by atoms with Gasteiger partial charge in [0, 0.05) is 37.0 Å². The van der Waals surface area contributed by atoms with Crippen LogP contribution in [0.4, 0.5) is 8.78 Å². The Morgan fingerprint density at radius 3 is 2.38 bits per heavy atom. The molecule has 0 bridgehead atoms.